The average molecular weight is 334 g/mol. The van der Waals surface area contributed by atoms with E-state index in [2.05, 4.69) is 22.9 Å². The highest BCUT2D eigenvalue weighted by atomic mass is 79.9. The van der Waals surface area contributed by atoms with E-state index < -0.39 is 0 Å². The topological polar surface area (TPSA) is 18.5 Å². The van der Waals surface area contributed by atoms with Crippen LogP contribution in [0.15, 0.2) is 24.3 Å². The zero-order valence-electron chi connectivity index (χ0n) is 10.4. The van der Waals surface area contributed by atoms with Crippen molar-refractivity contribution in [3.8, 4) is 0 Å². The fourth-order valence-electron chi connectivity index (χ4n) is 1.99. The van der Waals surface area contributed by atoms with Crippen molar-refractivity contribution >= 4 is 27.5 Å². The Kier molecular flexibility index (Phi) is 5.49. The van der Waals surface area contributed by atoms with Gasteiger partial charge in [0.05, 0.1) is 18.8 Å². The molecule has 0 aromatic heterocycles. The standard InChI is InChI=1S/C14H18BrClO2/c1-2-6-17-14-12(15)8-13(14)18-9-10-4-3-5-11(16)7-10/h3-5,7,12-14H,2,6,8-9H2,1H3. The second kappa shape index (κ2) is 6.90. The van der Waals surface area contributed by atoms with Crippen LogP contribution in [-0.2, 0) is 16.1 Å². The number of halogens is 2. The first-order valence-corrected chi connectivity index (χ1v) is 7.61. The Labute approximate surface area is 122 Å². The predicted octanol–water partition coefficient (Wildman–Crippen LogP) is 4.19. The summed E-state index contributed by atoms with van der Waals surface area (Å²) in [6, 6.07) is 7.78. The molecule has 1 aromatic rings. The second-order valence-corrected chi connectivity index (χ2v) is 6.18. The van der Waals surface area contributed by atoms with Crippen LogP contribution < -0.4 is 0 Å². The molecule has 0 N–H and O–H groups in total. The van der Waals surface area contributed by atoms with Crippen LogP contribution in [0.2, 0.25) is 5.02 Å². The highest BCUT2D eigenvalue weighted by molar-refractivity contribution is 9.09. The van der Waals surface area contributed by atoms with Crippen molar-refractivity contribution < 1.29 is 9.47 Å². The molecule has 0 spiro atoms. The van der Waals surface area contributed by atoms with Gasteiger partial charge in [0.1, 0.15) is 0 Å². The first-order chi connectivity index (χ1) is 8.70. The van der Waals surface area contributed by atoms with Crippen LogP contribution in [0, 0.1) is 0 Å². The summed E-state index contributed by atoms with van der Waals surface area (Å²) in [5, 5.41) is 0.752. The molecular formula is C14H18BrClO2. The maximum absolute atomic E-state index is 5.94. The molecule has 0 radical (unpaired) electrons. The van der Waals surface area contributed by atoms with Gasteiger partial charge in [-0.1, -0.05) is 46.6 Å². The van der Waals surface area contributed by atoms with Crippen LogP contribution in [0.5, 0.6) is 0 Å². The van der Waals surface area contributed by atoms with Gasteiger partial charge in [0, 0.05) is 16.5 Å². The molecule has 2 rings (SSSR count). The number of hydrogen-bond donors (Lipinski definition) is 0. The second-order valence-electron chi connectivity index (χ2n) is 4.57. The molecule has 4 heteroatoms. The van der Waals surface area contributed by atoms with Crippen molar-refractivity contribution in [2.24, 2.45) is 0 Å². The average Bonchev–Trinajstić information content (AvgIpc) is 2.34. The molecule has 0 heterocycles. The van der Waals surface area contributed by atoms with Crippen LogP contribution >= 0.6 is 27.5 Å². The zero-order chi connectivity index (χ0) is 13.0. The molecule has 18 heavy (non-hydrogen) atoms. The minimum Gasteiger partial charge on any atom is -0.374 e. The maximum atomic E-state index is 5.94. The summed E-state index contributed by atoms with van der Waals surface area (Å²) in [6.45, 7) is 3.50. The summed E-state index contributed by atoms with van der Waals surface area (Å²) >= 11 is 9.55. The minimum absolute atomic E-state index is 0.184. The molecule has 0 bridgehead atoms. The molecule has 1 fully saturated rings. The van der Waals surface area contributed by atoms with Gasteiger partial charge in [0.15, 0.2) is 0 Å². The normalized spacial score (nSPS) is 26.9. The van der Waals surface area contributed by atoms with E-state index in [1.807, 2.05) is 24.3 Å². The van der Waals surface area contributed by atoms with Gasteiger partial charge in [-0.25, -0.2) is 0 Å². The minimum atomic E-state index is 0.184. The van der Waals surface area contributed by atoms with Crippen molar-refractivity contribution in [2.75, 3.05) is 6.61 Å². The summed E-state index contributed by atoms with van der Waals surface area (Å²) in [7, 11) is 0. The number of alkyl halides is 1. The van der Waals surface area contributed by atoms with Gasteiger partial charge in [0.2, 0.25) is 0 Å². The van der Waals surface area contributed by atoms with Crippen LogP contribution in [-0.4, -0.2) is 23.6 Å². The van der Waals surface area contributed by atoms with Crippen molar-refractivity contribution in [1.29, 1.82) is 0 Å². The Balaban J connectivity index is 1.80. The maximum Gasteiger partial charge on any atom is 0.0962 e. The number of ether oxygens (including phenoxy) is 2. The molecule has 0 aliphatic heterocycles. The lowest BCUT2D eigenvalue weighted by Gasteiger charge is -2.40. The fourth-order valence-corrected chi connectivity index (χ4v) is 3.06. The van der Waals surface area contributed by atoms with Gasteiger partial charge >= 0.3 is 0 Å². The molecule has 0 saturated heterocycles. The van der Waals surface area contributed by atoms with Gasteiger partial charge in [0.25, 0.3) is 0 Å². The van der Waals surface area contributed by atoms with Gasteiger partial charge in [-0.05, 0) is 30.5 Å². The molecule has 3 atom stereocenters. The molecule has 1 aliphatic rings. The highest BCUT2D eigenvalue weighted by Crippen LogP contribution is 2.34. The van der Waals surface area contributed by atoms with E-state index in [1.54, 1.807) is 0 Å². The summed E-state index contributed by atoms with van der Waals surface area (Å²) < 4.78 is 11.7. The van der Waals surface area contributed by atoms with E-state index >= 15 is 0 Å². The van der Waals surface area contributed by atoms with E-state index in [0.717, 1.165) is 30.0 Å². The van der Waals surface area contributed by atoms with Gasteiger partial charge in [-0.3, -0.25) is 0 Å². The molecule has 1 saturated carbocycles. The van der Waals surface area contributed by atoms with Crippen molar-refractivity contribution in [1.82, 2.24) is 0 Å². The van der Waals surface area contributed by atoms with Gasteiger partial charge < -0.3 is 9.47 Å². The van der Waals surface area contributed by atoms with E-state index in [9.17, 15) is 0 Å². The van der Waals surface area contributed by atoms with E-state index in [0.29, 0.717) is 11.4 Å². The van der Waals surface area contributed by atoms with Crippen molar-refractivity contribution in [2.45, 2.75) is 43.4 Å². The van der Waals surface area contributed by atoms with Crippen LogP contribution in [0.25, 0.3) is 0 Å². The molecule has 2 nitrogen and oxygen atoms in total. The third-order valence-electron chi connectivity index (χ3n) is 3.05. The number of benzene rings is 1. The van der Waals surface area contributed by atoms with E-state index in [4.69, 9.17) is 21.1 Å². The summed E-state index contributed by atoms with van der Waals surface area (Å²) in [5.74, 6) is 0. The Bertz CT molecular complexity index is 386. The number of hydrogen-bond acceptors (Lipinski definition) is 2. The summed E-state index contributed by atoms with van der Waals surface area (Å²) in [5.41, 5.74) is 1.11. The largest absolute Gasteiger partial charge is 0.374 e. The molecular weight excluding hydrogens is 316 g/mol. The lowest BCUT2D eigenvalue weighted by atomic mass is 9.91. The van der Waals surface area contributed by atoms with Crippen LogP contribution in [0.1, 0.15) is 25.3 Å². The molecule has 100 valence electrons. The van der Waals surface area contributed by atoms with E-state index in [-0.39, 0.29) is 12.2 Å². The number of rotatable bonds is 6. The molecule has 1 aromatic carbocycles. The molecule has 1 aliphatic carbocycles. The van der Waals surface area contributed by atoms with E-state index in [1.165, 1.54) is 0 Å². The predicted molar refractivity (Wildman–Crippen MR) is 77.4 cm³/mol. The van der Waals surface area contributed by atoms with Crippen LogP contribution in [0.3, 0.4) is 0 Å². The zero-order valence-corrected chi connectivity index (χ0v) is 12.8. The Morgan fingerprint density at radius 1 is 1.39 bits per heavy atom. The van der Waals surface area contributed by atoms with Crippen molar-refractivity contribution in [3.63, 3.8) is 0 Å². The molecule has 0 amide bonds. The highest BCUT2D eigenvalue weighted by Gasteiger charge is 2.41. The third kappa shape index (κ3) is 3.70. The molecule has 3 unspecified atom stereocenters. The third-order valence-corrected chi connectivity index (χ3v) is 4.18. The Morgan fingerprint density at radius 3 is 2.89 bits per heavy atom. The first-order valence-electron chi connectivity index (χ1n) is 6.32. The monoisotopic (exact) mass is 332 g/mol. The Morgan fingerprint density at radius 2 is 2.22 bits per heavy atom. The fraction of sp³-hybridized carbons (Fsp3) is 0.571. The van der Waals surface area contributed by atoms with Gasteiger partial charge in [-0.2, -0.15) is 0 Å². The first kappa shape index (κ1) is 14.3. The lowest BCUT2D eigenvalue weighted by Crippen LogP contribution is -2.50. The SMILES string of the molecule is CCCOC1C(Br)CC1OCc1cccc(Cl)c1. The summed E-state index contributed by atoms with van der Waals surface area (Å²) in [6.07, 6.45) is 2.43. The quantitative estimate of drug-likeness (QED) is 0.727. The van der Waals surface area contributed by atoms with Crippen molar-refractivity contribution in [3.05, 3.63) is 34.9 Å². The van der Waals surface area contributed by atoms with Gasteiger partial charge in [-0.15, -0.1) is 0 Å². The Hall–Kier alpha value is -0.0900. The smallest absolute Gasteiger partial charge is 0.0962 e. The lowest BCUT2D eigenvalue weighted by molar-refractivity contribution is -0.126. The van der Waals surface area contributed by atoms with Crippen LogP contribution in [0.4, 0.5) is 0 Å². The summed E-state index contributed by atoms with van der Waals surface area (Å²) in [4.78, 5) is 0.424.